The lowest BCUT2D eigenvalue weighted by Crippen LogP contribution is -2.36. The molecule has 116 valence electrons. The van der Waals surface area contributed by atoms with Crippen LogP contribution in [0.1, 0.15) is 45.1 Å². The van der Waals surface area contributed by atoms with Gasteiger partial charge in [0.1, 0.15) is 0 Å². The first kappa shape index (κ1) is 17.2. The summed E-state index contributed by atoms with van der Waals surface area (Å²) in [6, 6.07) is 9.44. The van der Waals surface area contributed by atoms with Gasteiger partial charge in [0.2, 0.25) is 0 Å². The van der Waals surface area contributed by atoms with E-state index in [1.807, 2.05) is 37.3 Å². The van der Waals surface area contributed by atoms with Crippen molar-refractivity contribution in [1.82, 2.24) is 0 Å². The van der Waals surface area contributed by atoms with Crippen LogP contribution in [-0.2, 0) is 16.0 Å². The molecule has 0 aliphatic carbocycles. The van der Waals surface area contributed by atoms with E-state index in [0.717, 1.165) is 18.4 Å². The van der Waals surface area contributed by atoms with Gasteiger partial charge in [0, 0.05) is 0 Å². The Kier molecular flexibility index (Phi) is 6.40. The maximum Gasteiger partial charge on any atom is 0.309 e. The zero-order valence-corrected chi connectivity index (χ0v) is 12.7. The monoisotopic (exact) mass is 292 g/mol. The Morgan fingerprint density at radius 1 is 1.19 bits per heavy atom. The van der Waals surface area contributed by atoms with Crippen LogP contribution in [-0.4, -0.2) is 22.2 Å². The molecular formula is C17H24O4. The largest absolute Gasteiger partial charge is 0.481 e. The fourth-order valence-corrected chi connectivity index (χ4v) is 2.71. The molecule has 21 heavy (non-hydrogen) atoms. The maximum atomic E-state index is 11.9. The number of rotatable bonds is 9. The molecule has 0 saturated carbocycles. The highest BCUT2D eigenvalue weighted by Gasteiger charge is 2.40. The average Bonchev–Trinajstić information content (AvgIpc) is 2.45. The third-order valence-corrected chi connectivity index (χ3v) is 3.97. The van der Waals surface area contributed by atoms with Crippen molar-refractivity contribution in [3.63, 3.8) is 0 Å². The summed E-state index contributed by atoms with van der Waals surface area (Å²) in [5.74, 6) is -2.50. The number of unbranched alkanes of at least 4 members (excludes halogenated alkanes) is 1. The SMILES string of the molecule is CCCCC(Cc1ccccc1)(CC(C)C(=O)O)C(=O)O. The Labute approximate surface area is 125 Å². The van der Waals surface area contributed by atoms with E-state index in [9.17, 15) is 14.7 Å². The molecule has 0 spiro atoms. The molecule has 0 aliphatic rings. The van der Waals surface area contributed by atoms with E-state index in [2.05, 4.69) is 0 Å². The minimum absolute atomic E-state index is 0.159. The lowest BCUT2D eigenvalue weighted by Gasteiger charge is -2.31. The van der Waals surface area contributed by atoms with Crippen LogP contribution < -0.4 is 0 Å². The van der Waals surface area contributed by atoms with Crippen molar-refractivity contribution < 1.29 is 19.8 Å². The van der Waals surface area contributed by atoms with Crippen LogP contribution in [0.2, 0.25) is 0 Å². The van der Waals surface area contributed by atoms with Gasteiger partial charge in [0.25, 0.3) is 0 Å². The molecule has 0 saturated heterocycles. The van der Waals surface area contributed by atoms with Gasteiger partial charge >= 0.3 is 11.9 Å². The molecule has 1 rings (SSSR count). The Morgan fingerprint density at radius 2 is 1.81 bits per heavy atom. The molecule has 0 fully saturated rings. The Hall–Kier alpha value is -1.84. The third-order valence-electron chi connectivity index (χ3n) is 3.97. The predicted molar refractivity (Wildman–Crippen MR) is 81.2 cm³/mol. The molecule has 2 N–H and O–H groups in total. The third kappa shape index (κ3) is 4.88. The predicted octanol–water partition coefficient (Wildman–Crippen LogP) is 3.60. The van der Waals surface area contributed by atoms with E-state index in [1.165, 1.54) is 0 Å². The van der Waals surface area contributed by atoms with Gasteiger partial charge in [-0.15, -0.1) is 0 Å². The number of carboxylic acid groups (broad SMARTS) is 2. The first-order valence-corrected chi connectivity index (χ1v) is 7.41. The first-order valence-electron chi connectivity index (χ1n) is 7.41. The highest BCUT2D eigenvalue weighted by Crippen LogP contribution is 2.36. The smallest absolute Gasteiger partial charge is 0.309 e. The van der Waals surface area contributed by atoms with Crippen LogP contribution in [0.3, 0.4) is 0 Å². The van der Waals surface area contributed by atoms with Gasteiger partial charge in [-0.1, -0.05) is 57.0 Å². The summed E-state index contributed by atoms with van der Waals surface area (Å²) in [7, 11) is 0. The summed E-state index contributed by atoms with van der Waals surface area (Å²) in [6.07, 6.45) is 2.72. The first-order chi connectivity index (χ1) is 9.91. The lowest BCUT2D eigenvalue weighted by atomic mass is 9.71. The number of benzene rings is 1. The zero-order valence-electron chi connectivity index (χ0n) is 12.7. The number of carbonyl (C=O) groups is 2. The van der Waals surface area contributed by atoms with Crippen molar-refractivity contribution in [3.8, 4) is 0 Å². The quantitative estimate of drug-likeness (QED) is 0.729. The van der Waals surface area contributed by atoms with Gasteiger partial charge in [-0.3, -0.25) is 9.59 Å². The van der Waals surface area contributed by atoms with E-state index >= 15 is 0 Å². The Balaban J connectivity index is 3.05. The second-order valence-corrected chi connectivity index (χ2v) is 5.79. The fourth-order valence-electron chi connectivity index (χ4n) is 2.71. The molecule has 0 aliphatic heterocycles. The summed E-state index contributed by atoms with van der Waals surface area (Å²) < 4.78 is 0. The van der Waals surface area contributed by atoms with E-state index in [-0.39, 0.29) is 6.42 Å². The second kappa shape index (κ2) is 7.81. The average molecular weight is 292 g/mol. The normalized spacial score (nSPS) is 15.1. The second-order valence-electron chi connectivity index (χ2n) is 5.79. The van der Waals surface area contributed by atoms with Crippen molar-refractivity contribution in [2.45, 2.75) is 46.0 Å². The molecule has 4 heteroatoms. The van der Waals surface area contributed by atoms with Gasteiger partial charge in [0.05, 0.1) is 11.3 Å². The standard InChI is InChI=1S/C17H24O4/c1-3-4-10-17(16(20)21,11-13(2)15(18)19)12-14-8-6-5-7-9-14/h5-9,13H,3-4,10-12H2,1-2H3,(H,18,19)(H,20,21). The van der Waals surface area contributed by atoms with Crippen LogP contribution in [0.5, 0.6) is 0 Å². The Bertz CT molecular complexity index is 469. The Morgan fingerprint density at radius 3 is 2.29 bits per heavy atom. The van der Waals surface area contributed by atoms with Crippen molar-refractivity contribution in [2.75, 3.05) is 0 Å². The molecule has 2 atom stereocenters. The van der Waals surface area contributed by atoms with E-state index in [1.54, 1.807) is 6.92 Å². The molecular weight excluding hydrogens is 268 g/mol. The highest BCUT2D eigenvalue weighted by molar-refractivity contribution is 5.77. The molecule has 1 aromatic rings. The molecule has 1 aromatic carbocycles. The lowest BCUT2D eigenvalue weighted by molar-refractivity contribution is -0.153. The van der Waals surface area contributed by atoms with Gasteiger partial charge in [-0.05, 0) is 24.8 Å². The maximum absolute atomic E-state index is 11.9. The van der Waals surface area contributed by atoms with E-state index in [4.69, 9.17) is 5.11 Å². The number of aliphatic carboxylic acids is 2. The highest BCUT2D eigenvalue weighted by atomic mass is 16.4. The summed E-state index contributed by atoms with van der Waals surface area (Å²) in [5.41, 5.74) is -0.0663. The molecule has 0 radical (unpaired) electrons. The summed E-state index contributed by atoms with van der Waals surface area (Å²) >= 11 is 0. The van der Waals surface area contributed by atoms with Gasteiger partial charge < -0.3 is 10.2 Å². The van der Waals surface area contributed by atoms with Gasteiger partial charge in [-0.2, -0.15) is 0 Å². The number of carboxylic acids is 2. The summed E-state index contributed by atoms with van der Waals surface area (Å²) in [5, 5.41) is 18.9. The van der Waals surface area contributed by atoms with E-state index < -0.39 is 23.3 Å². The van der Waals surface area contributed by atoms with Gasteiger partial charge in [0.15, 0.2) is 0 Å². The molecule has 0 bridgehead atoms. The van der Waals surface area contributed by atoms with Crippen LogP contribution in [0.25, 0.3) is 0 Å². The molecule has 0 aromatic heterocycles. The minimum atomic E-state index is -1.00. The molecule has 4 nitrogen and oxygen atoms in total. The van der Waals surface area contributed by atoms with Gasteiger partial charge in [-0.25, -0.2) is 0 Å². The number of hydrogen-bond donors (Lipinski definition) is 2. The minimum Gasteiger partial charge on any atom is -0.481 e. The van der Waals surface area contributed by atoms with Crippen LogP contribution in [0.4, 0.5) is 0 Å². The molecule has 2 unspecified atom stereocenters. The van der Waals surface area contributed by atoms with Crippen LogP contribution in [0.15, 0.2) is 30.3 Å². The summed E-state index contributed by atoms with van der Waals surface area (Å²) in [4.78, 5) is 23.0. The van der Waals surface area contributed by atoms with Crippen molar-refractivity contribution in [1.29, 1.82) is 0 Å². The van der Waals surface area contributed by atoms with Crippen LogP contribution >= 0.6 is 0 Å². The fraction of sp³-hybridized carbons (Fsp3) is 0.529. The zero-order chi connectivity index (χ0) is 15.9. The molecule has 0 heterocycles. The van der Waals surface area contributed by atoms with Crippen LogP contribution in [0, 0.1) is 11.3 Å². The summed E-state index contributed by atoms with van der Waals surface area (Å²) in [6.45, 7) is 3.59. The molecule has 0 amide bonds. The van der Waals surface area contributed by atoms with Crippen molar-refractivity contribution >= 4 is 11.9 Å². The van der Waals surface area contributed by atoms with E-state index in [0.29, 0.717) is 12.8 Å². The topological polar surface area (TPSA) is 74.6 Å². The van der Waals surface area contributed by atoms with Crippen molar-refractivity contribution in [2.24, 2.45) is 11.3 Å². The number of hydrogen-bond acceptors (Lipinski definition) is 2. The van der Waals surface area contributed by atoms with Crippen molar-refractivity contribution in [3.05, 3.63) is 35.9 Å².